The predicted octanol–water partition coefficient (Wildman–Crippen LogP) is 4.29. The van der Waals surface area contributed by atoms with Gasteiger partial charge in [0.15, 0.2) is 28.6 Å². The zero-order valence-electron chi connectivity index (χ0n) is 18.0. The standard InChI is InChI=1S/C24H23N5O2/c1-15-16(2)29(18-8-6-5-7-9-18)23-22(15)24-26-21(27-28(24)14-25-23)13-17-10-11-19(30-3)20(12-17)31-4/h5-12,14H,13H2,1-4H3. The summed E-state index contributed by atoms with van der Waals surface area (Å²) in [6.45, 7) is 4.23. The molecule has 156 valence electrons. The molecule has 0 radical (unpaired) electrons. The Bertz CT molecular complexity index is 1400. The second-order valence-electron chi connectivity index (χ2n) is 7.49. The lowest BCUT2D eigenvalue weighted by molar-refractivity contribution is 0.354. The molecule has 0 unspecified atom stereocenters. The average molecular weight is 413 g/mol. The number of fused-ring (bicyclic) bond motifs is 3. The van der Waals surface area contributed by atoms with Crippen LogP contribution in [0.2, 0.25) is 0 Å². The van der Waals surface area contributed by atoms with E-state index in [-0.39, 0.29) is 0 Å². The van der Waals surface area contributed by atoms with E-state index in [1.165, 1.54) is 0 Å². The lowest BCUT2D eigenvalue weighted by Gasteiger charge is -2.08. The van der Waals surface area contributed by atoms with E-state index in [2.05, 4.69) is 35.6 Å². The summed E-state index contributed by atoms with van der Waals surface area (Å²) in [7, 11) is 3.26. The van der Waals surface area contributed by atoms with Crippen molar-refractivity contribution in [3.05, 3.63) is 77.5 Å². The third kappa shape index (κ3) is 3.09. The number of nitrogens with zero attached hydrogens (tertiary/aromatic N) is 5. The number of aryl methyl sites for hydroxylation is 1. The smallest absolute Gasteiger partial charge is 0.168 e. The number of hydrogen-bond donors (Lipinski definition) is 0. The van der Waals surface area contributed by atoms with Crippen molar-refractivity contribution in [2.75, 3.05) is 14.2 Å². The first-order valence-electron chi connectivity index (χ1n) is 10.1. The van der Waals surface area contributed by atoms with E-state index >= 15 is 0 Å². The van der Waals surface area contributed by atoms with Crippen LogP contribution in [0.25, 0.3) is 22.4 Å². The van der Waals surface area contributed by atoms with Crippen LogP contribution in [0, 0.1) is 13.8 Å². The predicted molar refractivity (Wildman–Crippen MR) is 119 cm³/mol. The monoisotopic (exact) mass is 413 g/mol. The van der Waals surface area contributed by atoms with Crippen molar-refractivity contribution in [1.29, 1.82) is 0 Å². The van der Waals surface area contributed by atoms with Gasteiger partial charge in [-0.15, -0.1) is 5.10 Å². The first kappa shape index (κ1) is 19.1. The molecule has 0 amide bonds. The number of rotatable bonds is 5. The minimum Gasteiger partial charge on any atom is -0.493 e. The maximum atomic E-state index is 5.42. The SMILES string of the molecule is COc1ccc(Cc2nc3c4c(C)c(C)n(-c5ccccc5)c4ncn3n2)cc1OC. The molecule has 0 spiro atoms. The topological polar surface area (TPSA) is 66.5 Å². The number of methoxy groups -OCH3 is 2. The first-order chi connectivity index (χ1) is 15.1. The van der Waals surface area contributed by atoms with Crippen LogP contribution < -0.4 is 9.47 Å². The van der Waals surface area contributed by atoms with Crippen LogP contribution >= 0.6 is 0 Å². The van der Waals surface area contributed by atoms with Gasteiger partial charge in [0.05, 0.1) is 19.6 Å². The molecule has 3 aromatic heterocycles. The fraction of sp³-hybridized carbons (Fsp3) is 0.208. The zero-order valence-corrected chi connectivity index (χ0v) is 18.0. The molecule has 0 aliphatic rings. The summed E-state index contributed by atoms with van der Waals surface area (Å²) in [5.74, 6) is 2.12. The molecule has 0 fully saturated rings. The fourth-order valence-corrected chi connectivity index (χ4v) is 4.05. The third-order valence-electron chi connectivity index (χ3n) is 5.70. The van der Waals surface area contributed by atoms with Crippen LogP contribution in [0.5, 0.6) is 11.5 Å². The number of ether oxygens (including phenoxy) is 2. The van der Waals surface area contributed by atoms with E-state index in [1.807, 2.05) is 36.4 Å². The maximum absolute atomic E-state index is 5.42. The highest BCUT2D eigenvalue weighted by molar-refractivity contribution is 5.94. The van der Waals surface area contributed by atoms with Crippen molar-refractivity contribution in [3.8, 4) is 17.2 Å². The van der Waals surface area contributed by atoms with Crippen molar-refractivity contribution in [3.63, 3.8) is 0 Å². The van der Waals surface area contributed by atoms with Gasteiger partial charge in [-0.3, -0.25) is 4.57 Å². The zero-order chi connectivity index (χ0) is 21.5. The number of para-hydroxylation sites is 1. The van der Waals surface area contributed by atoms with Crippen molar-refractivity contribution in [2.45, 2.75) is 20.3 Å². The molecule has 31 heavy (non-hydrogen) atoms. The first-order valence-corrected chi connectivity index (χ1v) is 10.1. The van der Waals surface area contributed by atoms with Gasteiger partial charge in [0.1, 0.15) is 6.33 Å². The van der Waals surface area contributed by atoms with Gasteiger partial charge >= 0.3 is 0 Å². The van der Waals surface area contributed by atoms with Gasteiger partial charge < -0.3 is 9.47 Å². The van der Waals surface area contributed by atoms with E-state index < -0.39 is 0 Å². The van der Waals surface area contributed by atoms with Crippen LogP contribution in [0.4, 0.5) is 0 Å². The summed E-state index contributed by atoms with van der Waals surface area (Å²) < 4.78 is 14.7. The number of aromatic nitrogens is 5. The minimum atomic E-state index is 0.584. The quantitative estimate of drug-likeness (QED) is 0.430. The molecule has 3 heterocycles. The summed E-state index contributed by atoms with van der Waals surface area (Å²) in [6, 6.07) is 16.1. The Morgan fingerprint density at radius 2 is 1.68 bits per heavy atom. The highest BCUT2D eigenvalue weighted by Gasteiger charge is 2.19. The summed E-state index contributed by atoms with van der Waals surface area (Å²) in [5.41, 5.74) is 6.13. The van der Waals surface area contributed by atoms with Gasteiger partial charge in [-0.25, -0.2) is 14.5 Å². The molecule has 0 N–H and O–H groups in total. The molecule has 0 aliphatic heterocycles. The van der Waals surface area contributed by atoms with Crippen LogP contribution in [0.3, 0.4) is 0 Å². The molecule has 0 bridgehead atoms. The lowest BCUT2D eigenvalue weighted by atomic mass is 10.1. The van der Waals surface area contributed by atoms with Crippen molar-refractivity contribution < 1.29 is 9.47 Å². The molecular weight excluding hydrogens is 390 g/mol. The van der Waals surface area contributed by atoms with Crippen molar-refractivity contribution >= 4 is 16.7 Å². The van der Waals surface area contributed by atoms with Crippen LogP contribution in [0.15, 0.2) is 54.9 Å². The maximum Gasteiger partial charge on any atom is 0.168 e. The molecule has 0 atom stereocenters. The molecule has 0 saturated carbocycles. The summed E-state index contributed by atoms with van der Waals surface area (Å²) >= 11 is 0. The second-order valence-corrected chi connectivity index (χ2v) is 7.49. The van der Waals surface area contributed by atoms with E-state index in [9.17, 15) is 0 Å². The Labute approximate surface area is 179 Å². The van der Waals surface area contributed by atoms with Crippen LogP contribution in [-0.4, -0.2) is 38.4 Å². The van der Waals surface area contributed by atoms with Gasteiger partial charge in [-0.05, 0) is 49.2 Å². The molecular formula is C24H23N5O2. The Morgan fingerprint density at radius 1 is 0.903 bits per heavy atom. The second kappa shape index (κ2) is 7.43. The van der Waals surface area contributed by atoms with Gasteiger partial charge in [0, 0.05) is 17.8 Å². The Kier molecular flexibility index (Phi) is 4.58. The summed E-state index contributed by atoms with van der Waals surface area (Å²) in [4.78, 5) is 9.59. The molecule has 0 saturated heterocycles. The highest BCUT2D eigenvalue weighted by atomic mass is 16.5. The molecule has 5 aromatic rings. The molecule has 7 nitrogen and oxygen atoms in total. The average Bonchev–Trinajstić information content (AvgIpc) is 3.32. The van der Waals surface area contributed by atoms with Crippen LogP contribution in [-0.2, 0) is 6.42 Å². The molecule has 0 aliphatic carbocycles. The minimum absolute atomic E-state index is 0.584. The number of benzene rings is 2. The Hall–Kier alpha value is -3.87. The molecule has 5 rings (SSSR count). The number of hydrogen-bond acceptors (Lipinski definition) is 5. The van der Waals surface area contributed by atoms with Gasteiger partial charge in [-0.1, -0.05) is 24.3 Å². The van der Waals surface area contributed by atoms with E-state index in [1.54, 1.807) is 25.1 Å². The Morgan fingerprint density at radius 3 is 2.42 bits per heavy atom. The molecule has 2 aromatic carbocycles. The van der Waals surface area contributed by atoms with Gasteiger partial charge in [0.25, 0.3) is 0 Å². The van der Waals surface area contributed by atoms with Gasteiger partial charge in [0.2, 0.25) is 0 Å². The van der Waals surface area contributed by atoms with Gasteiger partial charge in [-0.2, -0.15) is 0 Å². The van der Waals surface area contributed by atoms with E-state index in [0.717, 1.165) is 45.0 Å². The van der Waals surface area contributed by atoms with E-state index in [0.29, 0.717) is 17.9 Å². The summed E-state index contributed by atoms with van der Waals surface area (Å²) in [5, 5.41) is 5.69. The van der Waals surface area contributed by atoms with Crippen molar-refractivity contribution in [1.82, 2.24) is 24.1 Å². The van der Waals surface area contributed by atoms with E-state index in [4.69, 9.17) is 19.4 Å². The highest BCUT2D eigenvalue weighted by Crippen LogP contribution is 2.31. The van der Waals surface area contributed by atoms with Crippen molar-refractivity contribution in [2.24, 2.45) is 0 Å². The fourth-order valence-electron chi connectivity index (χ4n) is 4.05. The lowest BCUT2D eigenvalue weighted by Crippen LogP contribution is -1.99. The van der Waals surface area contributed by atoms with Crippen LogP contribution in [0.1, 0.15) is 22.6 Å². The molecule has 7 heteroatoms. The largest absolute Gasteiger partial charge is 0.493 e. The Balaban J connectivity index is 1.62. The third-order valence-corrected chi connectivity index (χ3v) is 5.70. The normalized spacial score (nSPS) is 11.4. The summed E-state index contributed by atoms with van der Waals surface area (Å²) in [6.07, 6.45) is 2.32.